The maximum Gasteiger partial charge on any atom is 0.252 e. The van der Waals surface area contributed by atoms with Crippen molar-refractivity contribution >= 4 is 23.3 Å². The molecule has 10 nitrogen and oxygen atoms in total. The molecule has 0 radical (unpaired) electrons. The normalized spacial score (nSPS) is 11.9. The van der Waals surface area contributed by atoms with E-state index >= 15 is 0 Å². The minimum atomic E-state index is -0.719. The number of amides is 1. The molecule has 4 aromatic carbocycles. The average molecular weight is 668 g/mol. The highest BCUT2D eigenvalue weighted by atomic mass is 16.6. The molecule has 49 heavy (non-hydrogen) atoms. The summed E-state index contributed by atoms with van der Waals surface area (Å²) in [4.78, 5) is 18.6. The number of likely N-dealkylation sites (N-methyl/N-ethyl adjacent to an activating group) is 1. The molecule has 4 aromatic rings. The monoisotopic (exact) mass is 667 g/mol. The first-order valence-corrected chi connectivity index (χ1v) is 16.3. The van der Waals surface area contributed by atoms with Crippen LogP contribution in [-0.2, 0) is 14.3 Å². The quantitative estimate of drug-likeness (QED) is 0.0455. The number of phenols is 2. The van der Waals surface area contributed by atoms with Crippen molar-refractivity contribution in [3.63, 3.8) is 0 Å². The number of nitrogens with two attached hydrogens (primary N) is 1. The molecule has 0 heterocycles. The maximum atomic E-state index is 11.3. The van der Waals surface area contributed by atoms with Crippen molar-refractivity contribution in [2.24, 2.45) is 10.9 Å². The van der Waals surface area contributed by atoms with E-state index in [1.165, 1.54) is 29.5 Å². The second kappa shape index (κ2) is 19.6. The Labute approximate surface area is 288 Å². The molecule has 0 aliphatic rings. The van der Waals surface area contributed by atoms with Gasteiger partial charge < -0.3 is 39.9 Å². The SMILES string of the molecule is CC/C(=C(/c1ccc(O)cc1)c1ccc(OCCN(C)CCOCCOCCO/N=C\c2ccc(O)c(C(N)=O)c2)cc1)c1ccccc1. The van der Waals surface area contributed by atoms with Gasteiger partial charge in [-0.15, -0.1) is 0 Å². The van der Waals surface area contributed by atoms with E-state index in [1.807, 2.05) is 37.4 Å². The van der Waals surface area contributed by atoms with Crippen molar-refractivity contribution in [2.75, 3.05) is 59.8 Å². The van der Waals surface area contributed by atoms with Crippen molar-refractivity contribution in [1.29, 1.82) is 0 Å². The topological polar surface area (TPSA) is 136 Å². The summed E-state index contributed by atoms with van der Waals surface area (Å²) in [6, 6.07) is 30.4. The summed E-state index contributed by atoms with van der Waals surface area (Å²) < 4.78 is 17.2. The number of ether oxygens (including phenoxy) is 3. The van der Waals surface area contributed by atoms with Gasteiger partial charge in [-0.2, -0.15) is 0 Å². The van der Waals surface area contributed by atoms with Gasteiger partial charge in [0.1, 0.15) is 30.5 Å². The van der Waals surface area contributed by atoms with E-state index in [0.717, 1.165) is 42.0 Å². The largest absolute Gasteiger partial charge is 0.508 e. The lowest BCUT2D eigenvalue weighted by atomic mass is 9.88. The fourth-order valence-corrected chi connectivity index (χ4v) is 5.08. The Morgan fingerprint density at radius 3 is 2.08 bits per heavy atom. The minimum Gasteiger partial charge on any atom is -0.508 e. The maximum absolute atomic E-state index is 11.3. The van der Waals surface area contributed by atoms with Crippen LogP contribution in [0.5, 0.6) is 17.2 Å². The number of oxime groups is 1. The summed E-state index contributed by atoms with van der Waals surface area (Å²) in [7, 11) is 2.03. The van der Waals surface area contributed by atoms with Gasteiger partial charge in [-0.3, -0.25) is 4.79 Å². The summed E-state index contributed by atoms with van der Waals surface area (Å²) in [6.07, 6.45) is 2.29. The second-order valence-corrected chi connectivity index (χ2v) is 11.2. The number of carbonyl (C=O) groups is 1. The number of rotatable bonds is 20. The molecule has 0 fully saturated rings. The fraction of sp³-hybridized carbons (Fsp3) is 0.282. The van der Waals surface area contributed by atoms with Gasteiger partial charge in [0.05, 0.1) is 38.2 Å². The fourth-order valence-electron chi connectivity index (χ4n) is 5.08. The van der Waals surface area contributed by atoms with E-state index in [9.17, 15) is 15.0 Å². The zero-order chi connectivity index (χ0) is 34.8. The van der Waals surface area contributed by atoms with Crippen LogP contribution in [0.15, 0.2) is 102 Å². The number of phenolic OH excluding ortho intramolecular Hbond substituents is 1. The van der Waals surface area contributed by atoms with Gasteiger partial charge in [-0.25, -0.2) is 0 Å². The van der Waals surface area contributed by atoms with Crippen LogP contribution < -0.4 is 10.5 Å². The highest BCUT2D eigenvalue weighted by Crippen LogP contribution is 2.35. The zero-order valence-corrected chi connectivity index (χ0v) is 28.1. The molecule has 0 bridgehead atoms. The van der Waals surface area contributed by atoms with Crippen LogP contribution >= 0.6 is 0 Å². The lowest BCUT2D eigenvalue weighted by molar-refractivity contribution is 0.0126. The van der Waals surface area contributed by atoms with Gasteiger partial charge in [0.25, 0.3) is 5.91 Å². The van der Waals surface area contributed by atoms with Gasteiger partial charge in [0.2, 0.25) is 0 Å². The lowest BCUT2D eigenvalue weighted by Crippen LogP contribution is -2.28. The molecule has 0 saturated carbocycles. The van der Waals surface area contributed by atoms with Crippen LogP contribution in [0.3, 0.4) is 0 Å². The van der Waals surface area contributed by atoms with E-state index in [-0.39, 0.29) is 23.7 Å². The number of carbonyl (C=O) groups excluding carboxylic acids is 1. The molecule has 0 unspecified atom stereocenters. The first-order valence-electron chi connectivity index (χ1n) is 16.3. The molecule has 0 saturated heterocycles. The van der Waals surface area contributed by atoms with E-state index < -0.39 is 5.91 Å². The van der Waals surface area contributed by atoms with Crippen molar-refractivity contribution in [3.8, 4) is 17.2 Å². The third kappa shape index (κ3) is 11.8. The van der Waals surface area contributed by atoms with Gasteiger partial charge in [-0.1, -0.05) is 66.7 Å². The predicted molar refractivity (Wildman–Crippen MR) is 192 cm³/mol. The van der Waals surface area contributed by atoms with E-state index in [0.29, 0.717) is 38.6 Å². The molecule has 10 heteroatoms. The Morgan fingerprint density at radius 2 is 1.41 bits per heavy atom. The molecule has 0 aromatic heterocycles. The Bertz CT molecular complexity index is 1660. The highest BCUT2D eigenvalue weighted by Gasteiger charge is 2.14. The van der Waals surface area contributed by atoms with Crippen molar-refractivity contribution in [2.45, 2.75) is 13.3 Å². The molecule has 4 rings (SSSR count). The first kappa shape index (κ1) is 36.7. The summed E-state index contributed by atoms with van der Waals surface area (Å²) >= 11 is 0. The Kier molecular flexibility index (Phi) is 14.7. The molecule has 0 aliphatic heterocycles. The number of hydrogen-bond acceptors (Lipinski definition) is 9. The lowest BCUT2D eigenvalue weighted by Gasteiger charge is -2.18. The van der Waals surface area contributed by atoms with Gasteiger partial charge in [-0.05, 0) is 89.3 Å². The van der Waals surface area contributed by atoms with Crippen LogP contribution in [0.1, 0.15) is 46.0 Å². The van der Waals surface area contributed by atoms with E-state index in [4.69, 9.17) is 24.8 Å². The molecule has 0 aliphatic carbocycles. The second-order valence-electron chi connectivity index (χ2n) is 11.2. The van der Waals surface area contributed by atoms with E-state index in [1.54, 1.807) is 18.2 Å². The van der Waals surface area contributed by atoms with Crippen molar-refractivity contribution < 1.29 is 34.1 Å². The van der Waals surface area contributed by atoms with Gasteiger partial charge >= 0.3 is 0 Å². The summed E-state index contributed by atoms with van der Waals surface area (Å²) in [5.41, 5.74) is 11.5. The van der Waals surface area contributed by atoms with Gasteiger partial charge in [0, 0.05) is 13.1 Å². The van der Waals surface area contributed by atoms with Crippen LogP contribution in [0.4, 0.5) is 0 Å². The minimum absolute atomic E-state index is 0.0220. The Balaban J connectivity index is 1.12. The molecule has 1 amide bonds. The highest BCUT2D eigenvalue weighted by molar-refractivity contribution is 5.99. The third-order valence-corrected chi connectivity index (χ3v) is 7.69. The Hall–Kier alpha value is -5.16. The van der Waals surface area contributed by atoms with Crippen LogP contribution in [0, 0.1) is 0 Å². The number of hydrogen-bond donors (Lipinski definition) is 3. The molecular formula is C39H45N3O7. The number of allylic oxidation sites excluding steroid dienone is 1. The Morgan fingerprint density at radius 1 is 0.776 bits per heavy atom. The number of nitrogens with zero attached hydrogens (tertiary/aromatic N) is 2. The zero-order valence-electron chi connectivity index (χ0n) is 28.1. The van der Waals surface area contributed by atoms with Crippen LogP contribution in [-0.4, -0.2) is 87.0 Å². The molecule has 0 atom stereocenters. The third-order valence-electron chi connectivity index (χ3n) is 7.69. The van der Waals surface area contributed by atoms with Crippen molar-refractivity contribution in [3.05, 3.63) is 125 Å². The average Bonchev–Trinajstić information content (AvgIpc) is 3.11. The predicted octanol–water partition coefficient (Wildman–Crippen LogP) is 5.96. The summed E-state index contributed by atoms with van der Waals surface area (Å²) in [5.74, 6) is 0.151. The van der Waals surface area contributed by atoms with Gasteiger partial charge in [0.15, 0.2) is 0 Å². The molecule has 258 valence electrons. The number of benzene rings is 4. The van der Waals surface area contributed by atoms with E-state index in [2.05, 4.69) is 53.4 Å². The van der Waals surface area contributed by atoms with Crippen molar-refractivity contribution in [1.82, 2.24) is 4.90 Å². The summed E-state index contributed by atoms with van der Waals surface area (Å²) in [5, 5.41) is 23.3. The number of primary amides is 1. The smallest absolute Gasteiger partial charge is 0.252 e. The number of aromatic hydroxyl groups is 2. The molecular weight excluding hydrogens is 622 g/mol. The first-order chi connectivity index (χ1) is 23.9. The standard InChI is InChI=1S/C39H45N3O7/c1-3-35(30-7-5-4-6-8-30)38(31-10-14-33(43)15-11-31)32-12-16-34(17-13-32)48-22-20-42(2)19-21-46-23-24-47-25-26-49-41-28-29-9-18-37(44)36(27-29)39(40)45/h4-18,27-28,43-44H,3,19-26H2,1-2H3,(H2,40,45)/b38-35+,41-28-. The van der Waals surface area contributed by atoms with Crippen LogP contribution in [0.25, 0.3) is 11.1 Å². The summed E-state index contributed by atoms with van der Waals surface area (Å²) in [6.45, 7) is 6.30. The van der Waals surface area contributed by atoms with Crippen LogP contribution in [0.2, 0.25) is 0 Å². The molecule has 4 N–H and O–H groups in total. The molecule has 0 spiro atoms.